The molecule has 0 heterocycles. The van der Waals surface area contributed by atoms with Gasteiger partial charge in [-0.2, -0.15) is 0 Å². The molecule has 0 saturated heterocycles. The number of benzene rings is 1. The van der Waals surface area contributed by atoms with E-state index in [4.69, 9.17) is 11.6 Å². The summed E-state index contributed by atoms with van der Waals surface area (Å²) < 4.78 is 0. The van der Waals surface area contributed by atoms with Gasteiger partial charge in [-0.15, -0.1) is 6.58 Å². The number of hydrogen-bond donors (Lipinski definition) is 0. The highest BCUT2D eigenvalue weighted by molar-refractivity contribution is 6.63. The van der Waals surface area contributed by atoms with E-state index in [9.17, 15) is 4.79 Å². The van der Waals surface area contributed by atoms with E-state index in [1.807, 2.05) is 6.08 Å². The Morgan fingerprint density at radius 2 is 1.83 bits per heavy atom. The Bertz CT molecular complexity index is 413. The number of carbonyl (C=O) groups is 1. The van der Waals surface area contributed by atoms with Gasteiger partial charge >= 0.3 is 0 Å². The molecule has 18 heavy (non-hydrogen) atoms. The number of halogens is 1. The molecule has 0 aromatic heterocycles. The Morgan fingerprint density at radius 3 is 2.33 bits per heavy atom. The minimum Gasteiger partial charge on any atom is -0.281 e. The monoisotopic (exact) mass is 262 g/mol. The third-order valence-electron chi connectivity index (χ3n) is 3.88. The van der Waals surface area contributed by atoms with Crippen LogP contribution < -0.4 is 0 Å². The van der Waals surface area contributed by atoms with Crippen LogP contribution in [0.3, 0.4) is 0 Å². The second-order valence-electron chi connectivity index (χ2n) is 5.09. The van der Waals surface area contributed by atoms with Gasteiger partial charge in [0, 0.05) is 5.92 Å². The first-order valence-electron chi connectivity index (χ1n) is 6.59. The fourth-order valence-electron chi connectivity index (χ4n) is 2.75. The highest BCUT2D eigenvalue weighted by Crippen LogP contribution is 2.36. The van der Waals surface area contributed by atoms with Crippen molar-refractivity contribution in [3.05, 3.63) is 48.0 Å². The molecule has 1 saturated carbocycles. The normalized spacial score (nSPS) is 23.6. The first kappa shape index (κ1) is 13.4. The second kappa shape index (κ2) is 6.19. The summed E-state index contributed by atoms with van der Waals surface area (Å²) in [6.07, 6.45) is 6.86. The molecule has 0 amide bonds. The molecule has 0 bridgehead atoms. The zero-order valence-electron chi connectivity index (χ0n) is 10.6. The van der Waals surface area contributed by atoms with Crippen LogP contribution in [-0.4, -0.2) is 5.24 Å². The van der Waals surface area contributed by atoms with E-state index in [1.165, 1.54) is 11.1 Å². The van der Waals surface area contributed by atoms with E-state index in [1.54, 1.807) is 0 Å². The van der Waals surface area contributed by atoms with Crippen LogP contribution in [0.25, 0.3) is 0 Å². The van der Waals surface area contributed by atoms with Crippen molar-refractivity contribution in [3.8, 4) is 0 Å². The summed E-state index contributed by atoms with van der Waals surface area (Å²) in [6, 6.07) is 8.78. The highest BCUT2D eigenvalue weighted by Gasteiger charge is 2.25. The van der Waals surface area contributed by atoms with E-state index in [0.717, 1.165) is 32.1 Å². The average molecular weight is 263 g/mol. The fraction of sp³-hybridized carbons (Fsp3) is 0.438. The van der Waals surface area contributed by atoms with E-state index >= 15 is 0 Å². The van der Waals surface area contributed by atoms with Crippen LogP contribution in [0.2, 0.25) is 0 Å². The Balaban J connectivity index is 1.96. The molecule has 0 radical (unpaired) electrons. The number of hydrogen-bond acceptors (Lipinski definition) is 1. The van der Waals surface area contributed by atoms with Crippen LogP contribution in [0, 0.1) is 5.92 Å². The molecule has 1 aromatic carbocycles. The largest absolute Gasteiger partial charge is 0.281 e. The van der Waals surface area contributed by atoms with Crippen LogP contribution >= 0.6 is 11.6 Å². The zero-order valence-corrected chi connectivity index (χ0v) is 11.3. The van der Waals surface area contributed by atoms with E-state index in [0.29, 0.717) is 5.92 Å². The Morgan fingerprint density at radius 1 is 1.22 bits per heavy atom. The first-order valence-corrected chi connectivity index (χ1v) is 6.97. The Hall–Kier alpha value is -1.08. The quantitative estimate of drug-likeness (QED) is 0.579. The lowest BCUT2D eigenvalue weighted by Crippen LogP contribution is -2.17. The third-order valence-corrected chi connectivity index (χ3v) is 4.19. The predicted molar refractivity (Wildman–Crippen MR) is 75.9 cm³/mol. The van der Waals surface area contributed by atoms with Gasteiger partial charge in [-0.3, -0.25) is 4.79 Å². The molecule has 0 atom stereocenters. The average Bonchev–Trinajstić information content (AvgIpc) is 2.40. The third kappa shape index (κ3) is 3.23. The molecular weight excluding hydrogens is 244 g/mol. The van der Waals surface area contributed by atoms with Crippen molar-refractivity contribution in [1.82, 2.24) is 0 Å². The number of allylic oxidation sites excluding steroid dienone is 1. The molecule has 1 fully saturated rings. The summed E-state index contributed by atoms with van der Waals surface area (Å²) in [6.45, 7) is 3.75. The lowest BCUT2D eigenvalue weighted by Gasteiger charge is -2.26. The highest BCUT2D eigenvalue weighted by atomic mass is 35.5. The summed E-state index contributed by atoms with van der Waals surface area (Å²) in [5.41, 5.74) is 2.70. The van der Waals surface area contributed by atoms with Gasteiger partial charge in [-0.25, -0.2) is 0 Å². The molecule has 1 aromatic rings. The van der Waals surface area contributed by atoms with Crippen molar-refractivity contribution in [2.24, 2.45) is 5.92 Å². The van der Waals surface area contributed by atoms with Gasteiger partial charge in [-0.1, -0.05) is 30.3 Å². The maximum atomic E-state index is 11.1. The Kier molecular flexibility index (Phi) is 4.60. The molecule has 1 aliphatic carbocycles. The van der Waals surface area contributed by atoms with E-state index < -0.39 is 0 Å². The van der Waals surface area contributed by atoms with Crippen LogP contribution in [0.5, 0.6) is 0 Å². The van der Waals surface area contributed by atoms with Crippen LogP contribution in [0.15, 0.2) is 36.9 Å². The summed E-state index contributed by atoms with van der Waals surface area (Å²) in [5, 5.41) is -0.158. The molecular formula is C16H19ClO. The lowest BCUT2D eigenvalue weighted by atomic mass is 9.79. The topological polar surface area (TPSA) is 17.1 Å². The standard InChI is InChI=1S/C16H19ClO/c1-2-3-12-4-6-13(7-5-12)14-8-10-15(11-9-14)16(17)18/h2,4-7,14-15H,1,3,8-11H2. The van der Waals surface area contributed by atoms with Gasteiger partial charge in [0.15, 0.2) is 0 Å². The lowest BCUT2D eigenvalue weighted by molar-refractivity contribution is -0.116. The van der Waals surface area contributed by atoms with Crippen molar-refractivity contribution in [2.45, 2.75) is 38.0 Å². The maximum Gasteiger partial charge on any atom is 0.224 e. The van der Waals surface area contributed by atoms with Gasteiger partial charge in [0.2, 0.25) is 5.24 Å². The van der Waals surface area contributed by atoms with Crippen LogP contribution in [0.1, 0.15) is 42.7 Å². The first-order chi connectivity index (χ1) is 8.70. The maximum absolute atomic E-state index is 11.1. The molecule has 2 rings (SSSR count). The van der Waals surface area contributed by atoms with Crippen LogP contribution in [-0.2, 0) is 11.2 Å². The molecule has 2 heteroatoms. The van der Waals surface area contributed by atoms with Crippen molar-refractivity contribution in [3.63, 3.8) is 0 Å². The van der Waals surface area contributed by atoms with Gasteiger partial charge in [-0.05, 0) is 60.7 Å². The van der Waals surface area contributed by atoms with Crippen molar-refractivity contribution in [2.75, 3.05) is 0 Å². The predicted octanol–water partition coefficient (Wildman–Crippen LogP) is 4.45. The van der Waals surface area contributed by atoms with Crippen molar-refractivity contribution in [1.29, 1.82) is 0 Å². The molecule has 1 nitrogen and oxygen atoms in total. The molecule has 1 aliphatic rings. The fourth-order valence-corrected chi connectivity index (χ4v) is 2.96. The number of carbonyl (C=O) groups excluding carboxylic acids is 1. The Labute approximate surface area is 114 Å². The zero-order chi connectivity index (χ0) is 13.0. The van der Waals surface area contributed by atoms with Gasteiger partial charge < -0.3 is 0 Å². The van der Waals surface area contributed by atoms with Crippen LogP contribution in [0.4, 0.5) is 0 Å². The molecule has 0 aliphatic heterocycles. The molecule has 0 unspecified atom stereocenters. The summed E-state index contributed by atoms with van der Waals surface area (Å²) in [7, 11) is 0. The van der Waals surface area contributed by atoms with E-state index in [-0.39, 0.29) is 11.2 Å². The van der Waals surface area contributed by atoms with Gasteiger partial charge in [0.05, 0.1) is 0 Å². The van der Waals surface area contributed by atoms with Crippen molar-refractivity contribution < 1.29 is 4.79 Å². The van der Waals surface area contributed by atoms with Gasteiger partial charge in [0.25, 0.3) is 0 Å². The summed E-state index contributed by atoms with van der Waals surface area (Å²) in [5.74, 6) is 0.679. The number of rotatable bonds is 4. The minimum atomic E-state index is -0.158. The molecule has 96 valence electrons. The SMILES string of the molecule is C=CCc1ccc(C2CCC(C(=O)Cl)CC2)cc1. The summed E-state index contributed by atoms with van der Waals surface area (Å²) in [4.78, 5) is 11.1. The molecule has 0 N–H and O–H groups in total. The second-order valence-corrected chi connectivity index (χ2v) is 5.46. The minimum absolute atomic E-state index is 0.0861. The summed E-state index contributed by atoms with van der Waals surface area (Å²) >= 11 is 5.56. The molecule has 0 spiro atoms. The van der Waals surface area contributed by atoms with Gasteiger partial charge in [0.1, 0.15) is 0 Å². The van der Waals surface area contributed by atoms with E-state index in [2.05, 4.69) is 30.8 Å². The van der Waals surface area contributed by atoms with Crippen molar-refractivity contribution >= 4 is 16.8 Å². The smallest absolute Gasteiger partial charge is 0.224 e.